The number of benzene rings is 2. The lowest BCUT2D eigenvalue weighted by Crippen LogP contribution is -2.43. The average molecular weight is 790 g/mol. The smallest absolute Gasteiger partial charge is 0.319 e. The van der Waals surface area contributed by atoms with Crippen LogP contribution in [0.3, 0.4) is 0 Å². The molecule has 0 spiro atoms. The lowest BCUT2D eigenvalue weighted by atomic mass is 9.95. The van der Waals surface area contributed by atoms with Gasteiger partial charge in [0.15, 0.2) is 5.82 Å². The Hall–Kier alpha value is -4.12. The van der Waals surface area contributed by atoms with E-state index in [2.05, 4.69) is 58.0 Å². The third-order valence-electron chi connectivity index (χ3n) is 12.7. The molecule has 8 rings (SSSR count). The van der Waals surface area contributed by atoms with Crippen molar-refractivity contribution in [3.05, 3.63) is 41.5 Å². The first-order valence-electron chi connectivity index (χ1n) is 20.9. The van der Waals surface area contributed by atoms with Crippen molar-refractivity contribution in [1.29, 1.82) is 0 Å². The van der Waals surface area contributed by atoms with Gasteiger partial charge in [-0.2, -0.15) is 9.97 Å². The van der Waals surface area contributed by atoms with Crippen LogP contribution in [0.4, 0.5) is 19.0 Å². The Morgan fingerprint density at radius 2 is 1.82 bits per heavy atom. The number of rotatable bonds is 9. The number of hydrogen-bond donors (Lipinski definition) is 1. The number of nitrogens with zero attached hydrogens (tertiary/aromatic N) is 5. The van der Waals surface area contributed by atoms with Crippen LogP contribution in [0.15, 0.2) is 24.3 Å². The molecular formula is C43H52F3N5O4Si. The van der Waals surface area contributed by atoms with Crippen molar-refractivity contribution in [3.8, 4) is 40.4 Å². The summed E-state index contributed by atoms with van der Waals surface area (Å²) in [4.78, 5) is 17.8. The Balaban J connectivity index is 1.37. The van der Waals surface area contributed by atoms with E-state index in [1.807, 2.05) is 4.90 Å². The second kappa shape index (κ2) is 14.7. The van der Waals surface area contributed by atoms with E-state index in [4.69, 9.17) is 24.2 Å². The first-order chi connectivity index (χ1) is 27.5. The summed E-state index contributed by atoms with van der Waals surface area (Å²) in [5, 5.41) is 11.9. The fraction of sp³-hybridized carbons (Fsp3) is 0.558. The molecule has 3 saturated heterocycles. The van der Waals surface area contributed by atoms with Crippen LogP contribution in [-0.4, -0.2) is 96.8 Å². The van der Waals surface area contributed by atoms with Crippen molar-refractivity contribution < 1.29 is 35.2 Å². The largest absolute Gasteiger partial charge is 0.508 e. The Bertz CT molecular complexity index is 2320. The standard InChI is InChI=1S/C43H52F3N5O4Si/c1-24(2)56(25(3)4,26(5)6)17-12-30-32(45)11-10-27-18-29(52)19-31(35(27)30)38-37(46)39-36(41(47-38)53-7)40(51-15-9-16-54-34-20-33(34)51)49-42(48-39)55-23-43-13-8-14-50(43)22-28(44)21-43/h10-11,18-19,24-26,28,33-34,52H,8-9,13-16,20-23H2,1-7H3/t28-,33+,34-,43+/m1/s1/i23D2. The van der Waals surface area contributed by atoms with Gasteiger partial charge in [-0.15, -0.1) is 5.54 Å². The Morgan fingerprint density at radius 1 is 1.05 bits per heavy atom. The van der Waals surface area contributed by atoms with Gasteiger partial charge in [0, 0.05) is 37.1 Å². The summed E-state index contributed by atoms with van der Waals surface area (Å²) in [6.07, 6.45) is 1.10. The zero-order valence-electron chi connectivity index (χ0n) is 35.2. The number of phenols is 1. The molecule has 0 unspecified atom stereocenters. The summed E-state index contributed by atoms with van der Waals surface area (Å²) < 4.78 is 85.2. The van der Waals surface area contributed by atoms with Gasteiger partial charge in [0.2, 0.25) is 5.88 Å². The second-order valence-electron chi connectivity index (χ2n) is 16.8. The first-order valence-corrected chi connectivity index (χ1v) is 22.2. The van der Waals surface area contributed by atoms with E-state index in [-0.39, 0.29) is 92.3 Å². The van der Waals surface area contributed by atoms with Crippen molar-refractivity contribution in [2.45, 2.75) is 114 Å². The van der Waals surface area contributed by atoms with Crippen LogP contribution in [0, 0.1) is 23.1 Å². The highest BCUT2D eigenvalue weighted by atomic mass is 28.3. The normalized spacial score (nSPS) is 24.6. The molecule has 4 fully saturated rings. The number of ether oxygens (including phenoxy) is 3. The number of fused-ring (bicyclic) bond motifs is 4. The number of aromatic nitrogens is 3. The molecule has 5 heterocycles. The van der Waals surface area contributed by atoms with Crippen molar-refractivity contribution in [3.63, 3.8) is 0 Å². The van der Waals surface area contributed by atoms with Crippen molar-refractivity contribution in [2.24, 2.45) is 0 Å². The highest BCUT2D eigenvalue weighted by Gasteiger charge is 2.50. The molecular weight excluding hydrogens is 736 g/mol. The third kappa shape index (κ3) is 6.45. The van der Waals surface area contributed by atoms with Gasteiger partial charge in [-0.1, -0.05) is 53.5 Å². The fourth-order valence-corrected chi connectivity index (χ4v) is 15.2. The molecule has 3 aliphatic heterocycles. The summed E-state index contributed by atoms with van der Waals surface area (Å²) in [7, 11) is -0.956. The topological polar surface area (TPSA) is 93.1 Å². The molecule has 2 aromatic carbocycles. The molecule has 56 heavy (non-hydrogen) atoms. The number of halogens is 3. The maximum absolute atomic E-state index is 17.7. The zero-order chi connectivity index (χ0) is 41.5. The molecule has 2 aromatic heterocycles. The van der Waals surface area contributed by atoms with Crippen LogP contribution in [0.25, 0.3) is 32.9 Å². The minimum Gasteiger partial charge on any atom is -0.508 e. The van der Waals surface area contributed by atoms with Gasteiger partial charge >= 0.3 is 6.01 Å². The van der Waals surface area contributed by atoms with Gasteiger partial charge in [0.05, 0.1) is 33.1 Å². The predicted molar refractivity (Wildman–Crippen MR) is 215 cm³/mol. The Labute approximate surface area is 330 Å². The molecule has 1 saturated carbocycles. The summed E-state index contributed by atoms with van der Waals surface area (Å²) in [6.45, 7) is 12.2. The maximum Gasteiger partial charge on any atom is 0.319 e. The van der Waals surface area contributed by atoms with Crippen LogP contribution < -0.4 is 14.4 Å². The number of aromatic hydroxyl groups is 1. The minimum absolute atomic E-state index is 0.0265. The van der Waals surface area contributed by atoms with Crippen molar-refractivity contribution in [2.75, 3.05) is 44.8 Å². The molecule has 0 bridgehead atoms. The summed E-state index contributed by atoms with van der Waals surface area (Å²) in [5.41, 5.74) is 2.77. The number of hydrogen-bond acceptors (Lipinski definition) is 9. The predicted octanol–water partition coefficient (Wildman–Crippen LogP) is 8.73. The summed E-state index contributed by atoms with van der Waals surface area (Å²) in [6, 6.07) is 5.13. The number of anilines is 1. The van der Waals surface area contributed by atoms with E-state index in [1.54, 1.807) is 4.90 Å². The molecule has 4 aromatic rings. The summed E-state index contributed by atoms with van der Waals surface area (Å²) in [5.74, 6) is 1.74. The fourth-order valence-electron chi connectivity index (χ4n) is 9.99. The van der Waals surface area contributed by atoms with Gasteiger partial charge in [-0.25, -0.2) is 18.2 Å². The average Bonchev–Trinajstić information content (AvgIpc) is 3.74. The van der Waals surface area contributed by atoms with Crippen molar-refractivity contribution in [1.82, 2.24) is 19.9 Å². The van der Waals surface area contributed by atoms with E-state index in [9.17, 15) is 12.2 Å². The molecule has 13 heteroatoms. The molecule has 9 nitrogen and oxygen atoms in total. The van der Waals surface area contributed by atoms with E-state index in [1.165, 1.54) is 31.4 Å². The van der Waals surface area contributed by atoms with Crippen LogP contribution in [0.2, 0.25) is 16.6 Å². The van der Waals surface area contributed by atoms with Crippen LogP contribution in [0.5, 0.6) is 17.6 Å². The van der Waals surface area contributed by atoms with Gasteiger partial charge in [0.1, 0.15) is 54.8 Å². The van der Waals surface area contributed by atoms with E-state index >= 15 is 8.78 Å². The molecule has 4 aliphatic rings. The zero-order valence-corrected chi connectivity index (χ0v) is 34.2. The number of pyridine rings is 1. The van der Waals surface area contributed by atoms with Crippen molar-refractivity contribution >= 4 is 35.6 Å². The number of alkyl halides is 1. The van der Waals surface area contributed by atoms with Gasteiger partial charge in [-0.05, 0) is 72.4 Å². The van der Waals surface area contributed by atoms with E-state index < -0.39 is 44.0 Å². The SMILES string of the molecule is [2H]C([2H])(Oc1nc(N2CCCO[C@@H]3C[C@@H]32)c2c(OC)nc(-c3cc(O)cc4ccc(F)c(C#C[Si](C(C)C)(C(C)C)C(C)C)c34)c(F)c2n1)[C@@]12CCCN1C[C@H](F)C2. The highest BCUT2D eigenvalue weighted by Crippen LogP contribution is 2.46. The molecule has 1 aliphatic carbocycles. The van der Waals surface area contributed by atoms with Gasteiger partial charge in [0.25, 0.3) is 0 Å². The molecule has 0 radical (unpaired) electrons. The third-order valence-corrected chi connectivity index (χ3v) is 19.0. The summed E-state index contributed by atoms with van der Waals surface area (Å²) >= 11 is 0. The number of methoxy groups -OCH3 is 1. The Morgan fingerprint density at radius 3 is 2.55 bits per heavy atom. The molecule has 4 atom stereocenters. The first kappa shape index (κ1) is 36.2. The molecule has 0 amide bonds. The van der Waals surface area contributed by atoms with E-state index in [0.717, 1.165) is 0 Å². The molecule has 298 valence electrons. The van der Waals surface area contributed by atoms with E-state index in [0.29, 0.717) is 50.8 Å². The quantitative estimate of drug-likeness (QED) is 0.132. The Kier molecular flexibility index (Phi) is 9.49. The minimum atomic E-state index is -2.44. The monoisotopic (exact) mass is 789 g/mol. The van der Waals surface area contributed by atoms with Crippen LogP contribution >= 0.6 is 0 Å². The highest BCUT2D eigenvalue weighted by molar-refractivity contribution is 6.90. The van der Waals surface area contributed by atoms with Gasteiger partial charge in [-0.3, -0.25) is 4.90 Å². The second-order valence-corrected chi connectivity index (χ2v) is 22.4. The van der Waals surface area contributed by atoms with Crippen LogP contribution in [-0.2, 0) is 4.74 Å². The number of phenolic OH excluding ortho intramolecular Hbond substituents is 1. The van der Waals surface area contributed by atoms with Crippen LogP contribution in [0.1, 0.15) is 82.0 Å². The lowest BCUT2D eigenvalue weighted by molar-refractivity contribution is 0.107. The lowest BCUT2D eigenvalue weighted by Gasteiger charge is -2.38. The maximum atomic E-state index is 17.7. The van der Waals surface area contributed by atoms with Gasteiger partial charge < -0.3 is 24.2 Å². The molecule has 1 N–H and O–H groups in total.